The van der Waals surface area contributed by atoms with Gasteiger partial charge in [-0.2, -0.15) is 0 Å². The average Bonchev–Trinajstić information content (AvgIpc) is 1.77. The smallest absolute Gasteiger partial charge is 0.261 e. The van der Waals surface area contributed by atoms with Gasteiger partial charge in [-0.05, 0) is 0 Å². The second kappa shape index (κ2) is 1.92. The van der Waals surface area contributed by atoms with Gasteiger partial charge in [0.05, 0.1) is 6.54 Å². The number of hydrazine groups is 1. The molecule has 1 aliphatic rings. The van der Waals surface area contributed by atoms with Crippen LogP contribution in [0, 0.1) is 0 Å². The van der Waals surface area contributed by atoms with E-state index in [2.05, 4.69) is 10.4 Å². The first kappa shape index (κ1) is 5.24. The van der Waals surface area contributed by atoms with Crippen LogP contribution >= 0.6 is 0 Å². The molecule has 0 aromatic heterocycles. The zero-order chi connectivity index (χ0) is 5.98. The second-order valence-corrected chi connectivity index (χ2v) is 1.52. The van der Waals surface area contributed by atoms with Crippen LogP contribution in [0.2, 0.25) is 0 Å². The monoisotopic (exact) mass is 113 g/mol. The molecule has 0 aromatic carbocycles. The summed E-state index contributed by atoms with van der Waals surface area (Å²) in [6.07, 6.45) is 1.54. The van der Waals surface area contributed by atoms with Gasteiger partial charge < -0.3 is 0 Å². The van der Waals surface area contributed by atoms with Gasteiger partial charge in [0.1, 0.15) is 0 Å². The van der Waals surface area contributed by atoms with Crippen molar-refractivity contribution < 1.29 is 4.79 Å². The largest absolute Gasteiger partial charge is 0.357 e. The molecule has 0 atom stereocenters. The van der Waals surface area contributed by atoms with E-state index in [4.69, 9.17) is 0 Å². The second-order valence-electron chi connectivity index (χ2n) is 1.52. The molecule has 8 heavy (non-hydrogen) atoms. The van der Waals surface area contributed by atoms with Crippen molar-refractivity contribution in [2.24, 2.45) is 4.99 Å². The number of aliphatic imine (C=N–C) groups is 1. The van der Waals surface area contributed by atoms with Crippen LogP contribution in [0.4, 0.5) is 4.79 Å². The van der Waals surface area contributed by atoms with Crippen molar-refractivity contribution in [2.75, 3.05) is 13.6 Å². The van der Waals surface area contributed by atoms with E-state index in [1.54, 1.807) is 13.3 Å². The molecule has 0 unspecified atom stereocenters. The normalized spacial score (nSPS) is 19.6. The highest BCUT2D eigenvalue weighted by Crippen LogP contribution is 1.85. The summed E-state index contributed by atoms with van der Waals surface area (Å²) in [5, 5.41) is 1.35. The Hall–Kier alpha value is -0.900. The zero-order valence-electron chi connectivity index (χ0n) is 4.59. The minimum Gasteiger partial charge on any atom is -0.261 e. The minimum absolute atomic E-state index is 0.240. The Morgan fingerprint density at radius 2 is 2.75 bits per heavy atom. The topological polar surface area (TPSA) is 44.7 Å². The van der Waals surface area contributed by atoms with Crippen molar-refractivity contribution in [3.63, 3.8) is 0 Å². The molecular weight excluding hydrogens is 106 g/mol. The number of nitrogens with zero attached hydrogens (tertiary/aromatic N) is 2. The molecule has 0 fully saturated rings. The van der Waals surface area contributed by atoms with Gasteiger partial charge in [0, 0.05) is 13.3 Å². The fourth-order valence-corrected chi connectivity index (χ4v) is 0.456. The number of hydrogen-bond acceptors (Lipinski definition) is 2. The van der Waals surface area contributed by atoms with Crippen LogP contribution in [0.5, 0.6) is 0 Å². The van der Waals surface area contributed by atoms with Crippen molar-refractivity contribution in [1.82, 2.24) is 10.4 Å². The molecule has 1 N–H and O–H groups in total. The summed E-state index contributed by atoms with van der Waals surface area (Å²) in [5.41, 5.74) is 2.77. The number of rotatable bonds is 0. The minimum atomic E-state index is -0.240. The third-order valence-corrected chi connectivity index (χ3v) is 0.908. The highest BCUT2D eigenvalue weighted by Gasteiger charge is 2.06. The summed E-state index contributed by atoms with van der Waals surface area (Å²) in [5.74, 6) is 0. The summed E-state index contributed by atoms with van der Waals surface area (Å²) in [6.45, 7) is 0.641. The Morgan fingerprint density at radius 1 is 2.00 bits per heavy atom. The number of nitrogens with one attached hydrogen (secondary N) is 1. The predicted octanol–water partition coefficient (Wildman–Crippen LogP) is -0.373. The Kier molecular flexibility index (Phi) is 1.26. The first-order chi connectivity index (χ1) is 3.80. The van der Waals surface area contributed by atoms with E-state index in [0.29, 0.717) is 6.54 Å². The van der Waals surface area contributed by atoms with E-state index in [0.717, 1.165) is 0 Å². The highest BCUT2D eigenvalue weighted by molar-refractivity contribution is 5.85. The lowest BCUT2D eigenvalue weighted by Crippen LogP contribution is -2.42. The standard InChI is InChI=1S/C4H7N3O/c1-7-4(8)5-2-3-6-7/h2,6H,3H2,1H3. The Labute approximate surface area is 47.2 Å². The Bertz CT molecular complexity index is 131. The molecule has 4 nitrogen and oxygen atoms in total. The van der Waals surface area contributed by atoms with Gasteiger partial charge in [-0.15, -0.1) is 0 Å². The maximum atomic E-state index is 10.5. The molecule has 0 saturated heterocycles. The lowest BCUT2D eigenvalue weighted by molar-refractivity contribution is 0.198. The summed E-state index contributed by atoms with van der Waals surface area (Å²) in [7, 11) is 1.64. The van der Waals surface area contributed by atoms with Gasteiger partial charge in [-0.25, -0.2) is 15.2 Å². The van der Waals surface area contributed by atoms with Crippen molar-refractivity contribution >= 4 is 12.2 Å². The van der Waals surface area contributed by atoms with E-state index in [1.165, 1.54) is 5.01 Å². The van der Waals surface area contributed by atoms with Crippen molar-refractivity contribution in [3.05, 3.63) is 0 Å². The van der Waals surface area contributed by atoms with Gasteiger partial charge in [-0.1, -0.05) is 0 Å². The summed E-state index contributed by atoms with van der Waals surface area (Å²) in [4.78, 5) is 14.0. The van der Waals surface area contributed by atoms with Crippen molar-refractivity contribution in [2.45, 2.75) is 0 Å². The quantitative estimate of drug-likeness (QED) is 0.465. The molecule has 1 rings (SSSR count). The number of amides is 2. The van der Waals surface area contributed by atoms with Crippen molar-refractivity contribution in [3.8, 4) is 0 Å². The van der Waals surface area contributed by atoms with Crippen LogP contribution in [-0.4, -0.2) is 30.8 Å². The fourth-order valence-electron chi connectivity index (χ4n) is 0.456. The first-order valence-corrected chi connectivity index (χ1v) is 2.34. The highest BCUT2D eigenvalue weighted by atomic mass is 16.2. The molecule has 1 heterocycles. The number of carbonyl (C=O) groups is 1. The fraction of sp³-hybridized carbons (Fsp3) is 0.500. The van der Waals surface area contributed by atoms with E-state index in [9.17, 15) is 4.79 Å². The van der Waals surface area contributed by atoms with E-state index in [1.807, 2.05) is 0 Å². The number of carbonyl (C=O) groups excluding carboxylic acids is 1. The SMILES string of the molecule is CN1NCC=NC1=O. The van der Waals surface area contributed by atoms with Gasteiger partial charge >= 0.3 is 6.03 Å². The van der Waals surface area contributed by atoms with Gasteiger partial charge in [0.2, 0.25) is 0 Å². The lowest BCUT2D eigenvalue weighted by atomic mass is 10.7. The Balaban J connectivity index is 2.60. The van der Waals surface area contributed by atoms with E-state index >= 15 is 0 Å². The van der Waals surface area contributed by atoms with Crippen LogP contribution in [0.25, 0.3) is 0 Å². The molecule has 44 valence electrons. The van der Waals surface area contributed by atoms with Crippen LogP contribution in [0.15, 0.2) is 4.99 Å². The molecule has 1 aliphatic heterocycles. The molecular formula is C4H7N3O. The third kappa shape index (κ3) is 0.840. The summed E-state index contributed by atoms with van der Waals surface area (Å²) in [6, 6.07) is -0.240. The van der Waals surface area contributed by atoms with Gasteiger partial charge in [-0.3, -0.25) is 5.01 Å². The van der Waals surface area contributed by atoms with Gasteiger partial charge in [0.25, 0.3) is 0 Å². The molecule has 0 spiro atoms. The predicted molar refractivity (Wildman–Crippen MR) is 29.7 cm³/mol. The maximum Gasteiger partial charge on any atom is 0.357 e. The molecule has 0 saturated carbocycles. The molecule has 4 heteroatoms. The Morgan fingerprint density at radius 3 is 3.12 bits per heavy atom. The molecule has 2 amide bonds. The van der Waals surface area contributed by atoms with Crippen LogP contribution in [-0.2, 0) is 0 Å². The van der Waals surface area contributed by atoms with Crippen LogP contribution in [0.1, 0.15) is 0 Å². The number of urea groups is 1. The zero-order valence-corrected chi connectivity index (χ0v) is 4.59. The van der Waals surface area contributed by atoms with Crippen molar-refractivity contribution in [1.29, 1.82) is 0 Å². The lowest BCUT2D eigenvalue weighted by Gasteiger charge is -2.16. The molecule has 0 aliphatic carbocycles. The molecule has 0 aromatic rings. The van der Waals surface area contributed by atoms with E-state index < -0.39 is 0 Å². The summed E-state index contributed by atoms with van der Waals surface area (Å²) >= 11 is 0. The third-order valence-electron chi connectivity index (χ3n) is 0.908. The number of hydrogen-bond donors (Lipinski definition) is 1. The van der Waals surface area contributed by atoms with Crippen LogP contribution in [0.3, 0.4) is 0 Å². The first-order valence-electron chi connectivity index (χ1n) is 2.34. The van der Waals surface area contributed by atoms with Gasteiger partial charge in [0.15, 0.2) is 0 Å². The maximum absolute atomic E-state index is 10.5. The van der Waals surface area contributed by atoms with Crippen LogP contribution < -0.4 is 5.43 Å². The summed E-state index contributed by atoms with van der Waals surface area (Å²) < 4.78 is 0. The molecule has 0 radical (unpaired) electrons. The van der Waals surface area contributed by atoms with E-state index in [-0.39, 0.29) is 6.03 Å². The molecule has 0 bridgehead atoms. The average molecular weight is 113 g/mol.